The van der Waals surface area contributed by atoms with Crippen molar-refractivity contribution in [3.63, 3.8) is 0 Å². The summed E-state index contributed by atoms with van der Waals surface area (Å²) in [6, 6.07) is 9.76. The normalized spacial score (nSPS) is 32.5. The highest BCUT2D eigenvalue weighted by atomic mass is 16.5. The molecule has 1 aliphatic carbocycles. The molecule has 1 spiro atoms. The topological polar surface area (TPSA) is 81.7 Å². The third-order valence-electron chi connectivity index (χ3n) is 6.57. The van der Waals surface area contributed by atoms with Gasteiger partial charge in [-0.1, -0.05) is 37.3 Å². The maximum absolute atomic E-state index is 13.2. The van der Waals surface area contributed by atoms with Crippen LogP contribution in [0.5, 0.6) is 0 Å². The van der Waals surface area contributed by atoms with Crippen LogP contribution in [-0.4, -0.2) is 47.6 Å². The lowest BCUT2D eigenvalue weighted by atomic mass is 9.81. The van der Waals surface area contributed by atoms with E-state index in [1.807, 2.05) is 23.1 Å². The molecule has 1 saturated carbocycles. The number of nitrogens with zero attached hydrogens (tertiary/aromatic N) is 1. The standard InChI is InChI=1S/C20H27N3O3/c1-13-10-23(11-16(13)14-5-3-2-4-6-14)19(25)17-15(18(24)22-26)9-20(7-8-20)12-21-17/h2-6,13,15-17,21,26H,7-12H2,1H3,(H,22,24)/t13-,15-,16-,17-/m0/s1. The van der Waals surface area contributed by atoms with Crippen LogP contribution < -0.4 is 10.8 Å². The van der Waals surface area contributed by atoms with Crippen molar-refractivity contribution in [1.29, 1.82) is 0 Å². The first-order chi connectivity index (χ1) is 12.5. The van der Waals surface area contributed by atoms with E-state index in [2.05, 4.69) is 24.4 Å². The van der Waals surface area contributed by atoms with Gasteiger partial charge in [0.25, 0.3) is 0 Å². The van der Waals surface area contributed by atoms with Crippen LogP contribution in [0, 0.1) is 17.3 Å². The summed E-state index contributed by atoms with van der Waals surface area (Å²) in [5, 5.41) is 12.4. The molecule has 0 bridgehead atoms. The number of hydroxylamine groups is 1. The number of hydrogen-bond acceptors (Lipinski definition) is 4. The minimum absolute atomic E-state index is 0.0145. The van der Waals surface area contributed by atoms with E-state index in [4.69, 9.17) is 5.21 Å². The van der Waals surface area contributed by atoms with E-state index in [9.17, 15) is 9.59 Å². The van der Waals surface area contributed by atoms with Gasteiger partial charge in [0.2, 0.25) is 11.8 Å². The molecular weight excluding hydrogens is 330 g/mol. The number of hydrogen-bond donors (Lipinski definition) is 3. The number of amides is 2. The summed E-state index contributed by atoms with van der Waals surface area (Å²) in [5.41, 5.74) is 3.18. The second kappa shape index (κ2) is 6.67. The highest BCUT2D eigenvalue weighted by molar-refractivity contribution is 5.90. The number of piperidine rings is 1. The van der Waals surface area contributed by atoms with Crippen molar-refractivity contribution >= 4 is 11.8 Å². The summed E-state index contributed by atoms with van der Waals surface area (Å²) >= 11 is 0. The molecule has 26 heavy (non-hydrogen) atoms. The first-order valence-electron chi connectivity index (χ1n) is 9.54. The van der Waals surface area contributed by atoms with Gasteiger partial charge in [0.15, 0.2) is 0 Å². The van der Waals surface area contributed by atoms with Gasteiger partial charge in [-0.3, -0.25) is 14.8 Å². The van der Waals surface area contributed by atoms with Crippen LogP contribution in [0.3, 0.4) is 0 Å². The Bertz CT molecular complexity index is 689. The van der Waals surface area contributed by atoms with E-state index < -0.39 is 17.9 Å². The average Bonchev–Trinajstić information content (AvgIpc) is 3.30. The molecule has 1 aromatic rings. The lowest BCUT2D eigenvalue weighted by Gasteiger charge is -2.37. The molecule has 0 radical (unpaired) electrons. The molecule has 0 unspecified atom stereocenters. The highest BCUT2D eigenvalue weighted by Crippen LogP contribution is 2.52. The third-order valence-corrected chi connectivity index (χ3v) is 6.57. The number of carbonyl (C=O) groups excluding carboxylic acids is 2. The monoisotopic (exact) mass is 357 g/mol. The molecule has 2 amide bonds. The molecule has 4 atom stereocenters. The van der Waals surface area contributed by atoms with Crippen molar-refractivity contribution in [3.8, 4) is 0 Å². The molecular formula is C20H27N3O3. The van der Waals surface area contributed by atoms with Crippen molar-refractivity contribution in [2.45, 2.75) is 38.1 Å². The zero-order valence-electron chi connectivity index (χ0n) is 15.1. The molecule has 6 nitrogen and oxygen atoms in total. The van der Waals surface area contributed by atoms with E-state index in [1.54, 1.807) is 5.48 Å². The third kappa shape index (κ3) is 3.12. The second-order valence-electron chi connectivity index (χ2n) is 8.38. The minimum atomic E-state index is -0.546. The SMILES string of the molecule is C[C@H]1CN(C(=O)[C@H]2NCC3(CC3)C[C@@H]2C(=O)NO)C[C@@H]1c1ccccc1. The maximum atomic E-state index is 13.2. The van der Waals surface area contributed by atoms with Crippen LogP contribution in [0.2, 0.25) is 0 Å². The van der Waals surface area contributed by atoms with Crippen LogP contribution in [0.25, 0.3) is 0 Å². The Kier molecular flexibility index (Phi) is 4.49. The smallest absolute Gasteiger partial charge is 0.248 e. The summed E-state index contributed by atoms with van der Waals surface area (Å²) in [7, 11) is 0. The van der Waals surface area contributed by atoms with Gasteiger partial charge in [-0.25, -0.2) is 5.48 Å². The fourth-order valence-electron chi connectivity index (χ4n) is 4.75. The summed E-state index contributed by atoms with van der Waals surface area (Å²) in [6.45, 7) is 4.34. The predicted molar refractivity (Wildman–Crippen MR) is 96.4 cm³/mol. The Morgan fingerprint density at radius 1 is 1.23 bits per heavy atom. The quantitative estimate of drug-likeness (QED) is 0.566. The molecule has 3 aliphatic rings. The van der Waals surface area contributed by atoms with E-state index in [-0.39, 0.29) is 11.3 Å². The van der Waals surface area contributed by atoms with Gasteiger partial charge in [-0.05, 0) is 36.2 Å². The Labute approximate surface area is 153 Å². The maximum Gasteiger partial charge on any atom is 0.248 e. The number of benzene rings is 1. The van der Waals surface area contributed by atoms with Gasteiger partial charge in [-0.2, -0.15) is 0 Å². The zero-order valence-corrected chi connectivity index (χ0v) is 15.1. The lowest BCUT2D eigenvalue weighted by Crippen LogP contribution is -2.58. The highest BCUT2D eigenvalue weighted by Gasteiger charge is 2.53. The first-order valence-corrected chi connectivity index (χ1v) is 9.54. The largest absolute Gasteiger partial charge is 0.340 e. The Hall–Kier alpha value is -1.92. The van der Waals surface area contributed by atoms with Crippen molar-refractivity contribution in [2.24, 2.45) is 17.3 Å². The van der Waals surface area contributed by atoms with Gasteiger partial charge >= 0.3 is 0 Å². The molecule has 4 rings (SSSR count). The number of likely N-dealkylation sites (tertiary alicyclic amines) is 1. The van der Waals surface area contributed by atoms with E-state index in [0.717, 1.165) is 19.4 Å². The van der Waals surface area contributed by atoms with E-state index in [0.29, 0.717) is 31.3 Å². The molecule has 6 heteroatoms. The molecule has 3 N–H and O–H groups in total. The van der Waals surface area contributed by atoms with Gasteiger partial charge in [0.1, 0.15) is 0 Å². The van der Waals surface area contributed by atoms with E-state index >= 15 is 0 Å². The second-order valence-corrected chi connectivity index (χ2v) is 8.38. The molecule has 3 fully saturated rings. The number of nitrogens with one attached hydrogen (secondary N) is 2. The van der Waals surface area contributed by atoms with Crippen LogP contribution in [0.15, 0.2) is 30.3 Å². The summed E-state index contributed by atoms with van der Waals surface area (Å²) in [6.07, 6.45) is 2.86. The summed E-state index contributed by atoms with van der Waals surface area (Å²) in [4.78, 5) is 27.3. The van der Waals surface area contributed by atoms with Crippen molar-refractivity contribution in [1.82, 2.24) is 15.7 Å². The zero-order chi connectivity index (χ0) is 18.3. The molecule has 140 valence electrons. The summed E-state index contributed by atoms with van der Waals surface area (Å²) in [5.74, 6) is -0.267. The van der Waals surface area contributed by atoms with Gasteiger partial charge in [-0.15, -0.1) is 0 Å². The minimum Gasteiger partial charge on any atom is -0.340 e. The Morgan fingerprint density at radius 2 is 1.96 bits per heavy atom. The van der Waals surface area contributed by atoms with Crippen LogP contribution in [0.4, 0.5) is 0 Å². The number of carbonyl (C=O) groups is 2. The van der Waals surface area contributed by atoms with Crippen LogP contribution >= 0.6 is 0 Å². The van der Waals surface area contributed by atoms with Crippen molar-refractivity contribution in [2.75, 3.05) is 19.6 Å². The molecule has 2 saturated heterocycles. The van der Waals surface area contributed by atoms with Crippen molar-refractivity contribution in [3.05, 3.63) is 35.9 Å². The predicted octanol–water partition coefficient (Wildman–Crippen LogP) is 1.51. The number of rotatable bonds is 3. The average molecular weight is 357 g/mol. The molecule has 1 aromatic carbocycles. The van der Waals surface area contributed by atoms with Gasteiger partial charge in [0, 0.05) is 25.6 Å². The van der Waals surface area contributed by atoms with Gasteiger partial charge < -0.3 is 10.2 Å². The Morgan fingerprint density at radius 3 is 2.62 bits per heavy atom. The lowest BCUT2D eigenvalue weighted by molar-refractivity contribution is -0.144. The van der Waals surface area contributed by atoms with Crippen LogP contribution in [-0.2, 0) is 9.59 Å². The fourth-order valence-corrected chi connectivity index (χ4v) is 4.75. The first kappa shape index (κ1) is 17.5. The fraction of sp³-hybridized carbons (Fsp3) is 0.600. The van der Waals surface area contributed by atoms with Crippen LogP contribution in [0.1, 0.15) is 37.7 Å². The van der Waals surface area contributed by atoms with Gasteiger partial charge in [0.05, 0.1) is 12.0 Å². The Balaban J connectivity index is 1.49. The summed E-state index contributed by atoms with van der Waals surface area (Å²) < 4.78 is 0. The molecule has 2 aliphatic heterocycles. The van der Waals surface area contributed by atoms with E-state index in [1.165, 1.54) is 5.56 Å². The molecule has 2 heterocycles. The van der Waals surface area contributed by atoms with Crippen molar-refractivity contribution < 1.29 is 14.8 Å². The molecule has 0 aromatic heterocycles.